The molecule has 2 N–H and O–H groups in total. The molecule has 218 valence electrons. The van der Waals surface area contributed by atoms with E-state index in [2.05, 4.69) is 9.97 Å². The third-order valence-corrected chi connectivity index (χ3v) is 7.44. The highest BCUT2D eigenvalue weighted by Gasteiger charge is 2.36. The topological polar surface area (TPSA) is 85.3 Å². The van der Waals surface area contributed by atoms with E-state index < -0.39 is 17.7 Å². The number of likely N-dealkylation sites (tertiary alicyclic amines) is 1. The number of nitrogens with zero attached hydrogens (tertiary/aromatic N) is 3. The lowest BCUT2D eigenvalue weighted by Crippen LogP contribution is -2.42. The van der Waals surface area contributed by atoms with Crippen LogP contribution in [0, 0.1) is 0 Å². The number of thiocarbonyl (C=S) groups is 1. The lowest BCUT2D eigenvalue weighted by atomic mass is 10.0. The molecule has 0 unspecified atom stereocenters. The molecule has 0 radical (unpaired) electrons. The van der Waals surface area contributed by atoms with Crippen molar-refractivity contribution >= 4 is 45.9 Å². The quantitative estimate of drug-likeness (QED) is 0.137. The van der Waals surface area contributed by atoms with Crippen molar-refractivity contribution in [3.05, 3.63) is 83.4 Å². The minimum Gasteiger partial charge on any atom is -0.460 e. The lowest BCUT2D eigenvalue weighted by Gasteiger charge is -2.33. The molecule has 0 amide bonds. The maximum Gasteiger partial charge on any atom is 0.420 e. The molecule has 3 aromatic heterocycles. The van der Waals surface area contributed by atoms with Crippen LogP contribution < -0.4 is 5.73 Å². The summed E-state index contributed by atoms with van der Waals surface area (Å²) in [5, 5.41) is 0.224. The molecule has 0 spiro atoms. The van der Waals surface area contributed by atoms with Crippen LogP contribution in [0.3, 0.4) is 0 Å². The van der Waals surface area contributed by atoms with Crippen molar-refractivity contribution in [2.75, 3.05) is 18.8 Å². The Bertz CT molecular complexity index is 1640. The van der Waals surface area contributed by atoms with Crippen LogP contribution >= 0.6 is 12.2 Å². The van der Waals surface area contributed by atoms with Gasteiger partial charge in [-0.3, -0.25) is 9.78 Å². The minimum absolute atomic E-state index is 0.0323. The number of ketones is 1. The largest absolute Gasteiger partial charge is 0.460 e. The molecular formula is C30H25F5N4O2S. The average molecular weight is 601 g/mol. The molecule has 0 bridgehead atoms. The first-order valence-electron chi connectivity index (χ1n) is 13.1. The van der Waals surface area contributed by atoms with E-state index in [0.29, 0.717) is 21.9 Å². The zero-order valence-electron chi connectivity index (χ0n) is 22.1. The number of pyridine rings is 2. The molecule has 4 heterocycles. The average Bonchev–Trinajstić information content (AvgIpc) is 3.37. The number of hydrogen-bond acceptors (Lipinski definition) is 6. The highest BCUT2D eigenvalue weighted by Crippen LogP contribution is 2.39. The van der Waals surface area contributed by atoms with E-state index in [1.165, 1.54) is 24.5 Å². The number of rotatable bonds is 7. The van der Waals surface area contributed by atoms with Gasteiger partial charge in [0.2, 0.25) is 0 Å². The summed E-state index contributed by atoms with van der Waals surface area (Å²) in [5.41, 5.74) is 5.96. The Morgan fingerprint density at radius 3 is 2.48 bits per heavy atom. The number of nitrogen functional groups attached to an aromatic ring is 1. The zero-order valence-corrected chi connectivity index (χ0v) is 22.9. The fourth-order valence-corrected chi connectivity index (χ4v) is 4.94. The molecule has 4 aromatic rings. The monoisotopic (exact) mass is 600 g/mol. The molecule has 1 saturated heterocycles. The van der Waals surface area contributed by atoms with Crippen LogP contribution in [0.5, 0.6) is 0 Å². The van der Waals surface area contributed by atoms with Crippen LogP contribution in [0.2, 0.25) is 0 Å². The fourth-order valence-electron chi connectivity index (χ4n) is 4.63. The molecule has 42 heavy (non-hydrogen) atoms. The van der Waals surface area contributed by atoms with Gasteiger partial charge in [-0.2, -0.15) is 13.2 Å². The highest BCUT2D eigenvalue weighted by molar-refractivity contribution is 7.80. The van der Waals surface area contributed by atoms with E-state index in [-0.39, 0.29) is 72.5 Å². The smallest absolute Gasteiger partial charge is 0.420 e. The van der Waals surface area contributed by atoms with Gasteiger partial charge in [0, 0.05) is 67.7 Å². The normalized spacial score (nSPS) is 15.4. The van der Waals surface area contributed by atoms with Gasteiger partial charge in [-0.15, -0.1) is 0 Å². The van der Waals surface area contributed by atoms with Gasteiger partial charge in [0.05, 0.1) is 11.3 Å². The predicted octanol–water partition coefficient (Wildman–Crippen LogP) is 7.11. The molecule has 1 fully saturated rings. The number of nitrogens with two attached hydrogens (primary N) is 1. The molecule has 5 rings (SSSR count). The van der Waals surface area contributed by atoms with Crippen LogP contribution in [-0.4, -0.2) is 44.7 Å². The molecule has 0 aliphatic carbocycles. The SMILES string of the molecule is Nc1ccc(/C=C/C(=O)CCc2cc3cc(-c4ccc(C(=S)N5CCC(F)(F)CC5)cn4)cc(C(F)(F)F)c3o2)cn1. The van der Waals surface area contributed by atoms with Crippen molar-refractivity contribution in [2.24, 2.45) is 0 Å². The number of allylic oxidation sites excluding steroid dienone is 1. The van der Waals surface area contributed by atoms with Crippen molar-refractivity contribution in [3.8, 4) is 11.3 Å². The standard InChI is InChI=1S/C30H25F5N4O2S/c31-29(32)9-11-39(12-10-29)28(42)19-3-7-25(37-17-19)20-13-21-14-23(41-27(21)24(15-20)30(33,34)35)6-5-22(40)4-1-18-2-8-26(36)38-16-18/h1-4,7-8,13-17H,5-6,9-12H2,(H2,36,38)/b4-1+. The first kappa shape index (κ1) is 29.3. The molecule has 1 aliphatic rings. The summed E-state index contributed by atoms with van der Waals surface area (Å²) in [5.74, 6) is -2.35. The van der Waals surface area contributed by atoms with Gasteiger partial charge in [-0.05, 0) is 60.2 Å². The molecule has 1 aliphatic heterocycles. The van der Waals surface area contributed by atoms with E-state index >= 15 is 0 Å². The number of aryl methyl sites for hydroxylation is 1. The van der Waals surface area contributed by atoms with E-state index in [1.54, 1.807) is 41.3 Å². The van der Waals surface area contributed by atoms with Gasteiger partial charge >= 0.3 is 6.18 Å². The Balaban J connectivity index is 1.33. The molecule has 1 aromatic carbocycles. The number of carbonyl (C=O) groups is 1. The Morgan fingerprint density at radius 1 is 1.07 bits per heavy atom. The van der Waals surface area contributed by atoms with Crippen LogP contribution in [-0.2, 0) is 17.4 Å². The molecule has 12 heteroatoms. The summed E-state index contributed by atoms with van der Waals surface area (Å²) in [6.07, 6.45) is 0.754. The van der Waals surface area contributed by atoms with Crippen LogP contribution in [0.4, 0.5) is 27.8 Å². The summed E-state index contributed by atoms with van der Waals surface area (Å²) in [4.78, 5) is 22.6. The van der Waals surface area contributed by atoms with Crippen molar-refractivity contribution in [3.63, 3.8) is 0 Å². The van der Waals surface area contributed by atoms with Crippen molar-refractivity contribution < 1.29 is 31.2 Å². The fraction of sp³-hybridized carbons (Fsp3) is 0.267. The number of hydrogen-bond donors (Lipinski definition) is 1. The van der Waals surface area contributed by atoms with E-state index in [1.807, 2.05) is 0 Å². The molecule has 0 atom stereocenters. The second-order valence-corrected chi connectivity index (χ2v) is 10.4. The molecule has 6 nitrogen and oxygen atoms in total. The first-order chi connectivity index (χ1) is 19.9. The first-order valence-corrected chi connectivity index (χ1v) is 13.5. The number of carbonyl (C=O) groups excluding carboxylic acids is 1. The van der Waals surface area contributed by atoms with Gasteiger partial charge in [0.1, 0.15) is 22.1 Å². The van der Waals surface area contributed by atoms with Crippen LogP contribution in [0.15, 0.2) is 65.4 Å². The van der Waals surface area contributed by atoms with Crippen LogP contribution in [0.1, 0.15) is 41.7 Å². The highest BCUT2D eigenvalue weighted by atomic mass is 32.1. The Hall–Kier alpha value is -4.19. The van der Waals surface area contributed by atoms with E-state index in [9.17, 15) is 26.7 Å². The number of aromatic nitrogens is 2. The number of alkyl halides is 5. The molecule has 0 saturated carbocycles. The minimum atomic E-state index is -4.70. The number of halogens is 5. The predicted molar refractivity (Wildman–Crippen MR) is 153 cm³/mol. The second-order valence-electron chi connectivity index (χ2n) is 10.0. The number of fused-ring (bicyclic) bond motifs is 1. The zero-order chi connectivity index (χ0) is 30.1. The van der Waals surface area contributed by atoms with Crippen molar-refractivity contribution in [2.45, 2.75) is 37.8 Å². The summed E-state index contributed by atoms with van der Waals surface area (Å²) in [6, 6.07) is 10.5. The maximum atomic E-state index is 14.0. The van der Waals surface area contributed by atoms with Crippen LogP contribution in [0.25, 0.3) is 28.3 Å². The second kappa shape index (κ2) is 11.6. The third kappa shape index (κ3) is 6.81. The number of piperidine rings is 1. The Labute approximate surface area is 243 Å². The lowest BCUT2D eigenvalue weighted by molar-refractivity contribution is -0.136. The summed E-state index contributed by atoms with van der Waals surface area (Å²) < 4.78 is 74.6. The van der Waals surface area contributed by atoms with Gasteiger partial charge in [-0.25, -0.2) is 13.8 Å². The van der Waals surface area contributed by atoms with Crippen molar-refractivity contribution in [1.82, 2.24) is 14.9 Å². The van der Waals surface area contributed by atoms with Gasteiger partial charge in [0.15, 0.2) is 5.78 Å². The molecular weight excluding hydrogens is 575 g/mol. The number of anilines is 1. The Morgan fingerprint density at radius 2 is 1.83 bits per heavy atom. The summed E-state index contributed by atoms with van der Waals surface area (Å²) in [6.45, 7) is 0.230. The van der Waals surface area contributed by atoms with Crippen molar-refractivity contribution in [1.29, 1.82) is 0 Å². The number of furan rings is 1. The number of benzene rings is 1. The third-order valence-electron chi connectivity index (χ3n) is 6.95. The van der Waals surface area contributed by atoms with E-state index in [0.717, 1.165) is 6.07 Å². The maximum absolute atomic E-state index is 14.0. The van der Waals surface area contributed by atoms with Gasteiger partial charge in [-0.1, -0.05) is 12.2 Å². The van der Waals surface area contributed by atoms with E-state index in [4.69, 9.17) is 22.4 Å². The van der Waals surface area contributed by atoms with Gasteiger partial charge in [0.25, 0.3) is 5.92 Å². The summed E-state index contributed by atoms with van der Waals surface area (Å²) >= 11 is 5.44. The summed E-state index contributed by atoms with van der Waals surface area (Å²) in [7, 11) is 0. The van der Waals surface area contributed by atoms with Gasteiger partial charge < -0.3 is 15.1 Å². The Kier molecular flexibility index (Phi) is 8.09.